The Kier molecular flexibility index (Phi) is 6.53. The van der Waals surface area contributed by atoms with Gasteiger partial charge >= 0.3 is 5.97 Å². The van der Waals surface area contributed by atoms with Crippen molar-refractivity contribution in [3.8, 4) is 0 Å². The zero-order chi connectivity index (χ0) is 17.4. The Morgan fingerprint density at radius 3 is 2.33 bits per heavy atom. The number of hydrogen-bond donors (Lipinski definition) is 2. The summed E-state index contributed by atoms with van der Waals surface area (Å²) in [5.41, 5.74) is 2.57. The lowest BCUT2D eigenvalue weighted by atomic mass is 9.94. The molecular weight excluding hydrogens is 302 g/mol. The largest absolute Gasteiger partial charge is 0.478 e. The first-order chi connectivity index (χ1) is 11.5. The van der Waals surface area contributed by atoms with E-state index in [-0.39, 0.29) is 5.41 Å². The Morgan fingerprint density at radius 2 is 1.71 bits per heavy atom. The van der Waals surface area contributed by atoms with Crippen LogP contribution in [0.2, 0.25) is 0 Å². The van der Waals surface area contributed by atoms with Gasteiger partial charge in [0, 0.05) is 18.5 Å². The van der Waals surface area contributed by atoms with E-state index in [9.17, 15) is 4.79 Å². The van der Waals surface area contributed by atoms with Gasteiger partial charge in [-0.15, -0.1) is 0 Å². The maximum absolute atomic E-state index is 10.8. The molecule has 0 aliphatic heterocycles. The SMILES string of the molecule is CC(C)(CNCc1ccccc1)COCc1ccc(C(=O)O)cc1. The fourth-order valence-electron chi connectivity index (χ4n) is 2.38. The smallest absolute Gasteiger partial charge is 0.335 e. The summed E-state index contributed by atoms with van der Waals surface area (Å²) >= 11 is 0. The number of ether oxygens (including phenoxy) is 1. The van der Waals surface area contributed by atoms with Crippen LogP contribution in [0.3, 0.4) is 0 Å². The second-order valence-corrected chi connectivity index (χ2v) is 6.75. The average molecular weight is 327 g/mol. The quantitative estimate of drug-likeness (QED) is 0.737. The predicted molar refractivity (Wildman–Crippen MR) is 95.0 cm³/mol. The van der Waals surface area contributed by atoms with Crippen molar-refractivity contribution >= 4 is 5.97 Å². The molecule has 0 amide bonds. The van der Waals surface area contributed by atoms with Gasteiger partial charge in [-0.2, -0.15) is 0 Å². The molecule has 0 saturated carbocycles. The van der Waals surface area contributed by atoms with Gasteiger partial charge in [-0.3, -0.25) is 0 Å². The van der Waals surface area contributed by atoms with Crippen LogP contribution in [0.5, 0.6) is 0 Å². The molecule has 2 aromatic rings. The summed E-state index contributed by atoms with van der Waals surface area (Å²) in [5.74, 6) is -0.909. The van der Waals surface area contributed by atoms with Gasteiger partial charge in [0.15, 0.2) is 0 Å². The van der Waals surface area contributed by atoms with E-state index >= 15 is 0 Å². The van der Waals surface area contributed by atoms with Crippen molar-refractivity contribution in [1.29, 1.82) is 0 Å². The highest BCUT2D eigenvalue weighted by Gasteiger charge is 2.17. The van der Waals surface area contributed by atoms with Crippen LogP contribution in [0, 0.1) is 5.41 Å². The molecule has 0 saturated heterocycles. The van der Waals surface area contributed by atoms with Crippen LogP contribution >= 0.6 is 0 Å². The highest BCUT2D eigenvalue weighted by molar-refractivity contribution is 5.87. The third-order valence-corrected chi connectivity index (χ3v) is 3.74. The second kappa shape index (κ2) is 8.62. The molecule has 0 heterocycles. The van der Waals surface area contributed by atoms with Gasteiger partial charge in [-0.05, 0) is 23.3 Å². The Morgan fingerprint density at radius 1 is 1.04 bits per heavy atom. The van der Waals surface area contributed by atoms with Crippen molar-refractivity contribution in [1.82, 2.24) is 5.32 Å². The molecule has 128 valence electrons. The van der Waals surface area contributed by atoms with Crippen LogP contribution in [-0.4, -0.2) is 24.2 Å². The monoisotopic (exact) mass is 327 g/mol. The lowest BCUT2D eigenvalue weighted by Crippen LogP contribution is -2.33. The van der Waals surface area contributed by atoms with Gasteiger partial charge in [0.25, 0.3) is 0 Å². The number of hydrogen-bond acceptors (Lipinski definition) is 3. The van der Waals surface area contributed by atoms with Crippen LogP contribution < -0.4 is 5.32 Å². The van der Waals surface area contributed by atoms with Crippen molar-refractivity contribution in [2.75, 3.05) is 13.2 Å². The molecule has 2 aromatic carbocycles. The number of rotatable bonds is 9. The molecule has 0 unspecified atom stereocenters. The highest BCUT2D eigenvalue weighted by atomic mass is 16.5. The van der Waals surface area contributed by atoms with Gasteiger partial charge < -0.3 is 15.2 Å². The number of carboxylic acid groups (broad SMARTS) is 1. The number of carbonyl (C=O) groups is 1. The van der Waals surface area contributed by atoms with E-state index in [0.717, 1.165) is 18.7 Å². The summed E-state index contributed by atoms with van der Waals surface area (Å²) in [6.45, 7) is 7.16. The first-order valence-corrected chi connectivity index (χ1v) is 8.11. The minimum Gasteiger partial charge on any atom is -0.478 e. The summed E-state index contributed by atoms with van der Waals surface area (Å²) in [6.07, 6.45) is 0. The molecule has 4 heteroatoms. The Hall–Kier alpha value is -2.17. The molecule has 2 rings (SSSR count). The van der Waals surface area contributed by atoms with Crippen LogP contribution in [0.1, 0.15) is 35.3 Å². The summed E-state index contributed by atoms with van der Waals surface area (Å²) in [5, 5.41) is 12.4. The fourth-order valence-corrected chi connectivity index (χ4v) is 2.38. The minimum absolute atomic E-state index is 0.0236. The molecule has 4 nitrogen and oxygen atoms in total. The standard InChI is InChI=1S/C20H25NO3/c1-20(2,14-21-12-16-6-4-3-5-7-16)15-24-13-17-8-10-18(11-9-17)19(22)23/h3-11,21H,12-15H2,1-2H3,(H,22,23). The van der Waals surface area contributed by atoms with Gasteiger partial charge in [-0.25, -0.2) is 4.79 Å². The molecule has 0 aromatic heterocycles. The first kappa shape index (κ1) is 18.2. The second-order valence-electron chi connectivity index (χ2n) is 6.75. The zero-order valence-corrected chi connectivity index (χ0v) is 14.3. The summed E-state index contributed by atoms with van der Waals surface area (Å²) in [4.78, 5) is 10.8. The van der Waals surface area contributed by atoms with Crippen LogP contribution in [0.25, 0.3) is 0 Å². The third-order valence-electron chi connectivity index (χ3n) is 3.74. The first-order valence-electron chi connectivity index (χ1n) is 8.11. The van der Waals surface area contributed by atoms with E-state index < -0.39 is 5.97 Å². The predicted octanol–water partition coefficient (Wildman–Crippen LogP) is 3.72. The topological polar surface area (TPSA) is 58.6 Å². The molecule has 0 radical (unpaired) electrons. The van der Waals surface area contributed by atoms with Crippen molar-refractivity contribution in [2.24, 2.45) is 5.41 Å². The van der Waals surface area contributed by atoms with Crippen LogP contribution in [-0.2, 0) is 17.9 Å². The maximum atomic E-state index is 10.8. The molecular formula is C20H25NO3. The third kappa shape index (κ3) is 6.14. The summed E-state index contributed by atoms with van der Waals surface area (Å²) < 4.78 is 5.80. The van der Waals surface area contributed by atoms with Crippen molar-refractivity contribution in [2.45, 2.75) is 27.0 Å². The van der Waals surface area contributed by atoms with Gasteiger partial charge in [0.1, 0.15) is 0 Å². The highest BCUT2D eigenvalue weighted by Crippen LogP contribution is 2.16. The Labute approximate surface area is 143 Å². The molecule has 0 spiro atoms. The lowest BCUT2D eigenvalue weighted by molar-refractivity contribution is 0.0511. The molecule has 0 bridgehead atoms. The molecule has 0 atom stereocenters. The van der Waals surface area contributed by atoms with Crippen LogP contribution in [0.4, 0.5) is 0 Å². The van der Waals surface area contributed by atoms with Crippen molar-refractivity contribution < 1.29 is 14.6 Å². The Balaban J connectivity index is 1.70. The summed E-state index contributed by atoms with van der Waals surface area (Å²) in [6, 6.07) is 17.1. The number of aromatic carboxylic acids is 1. The average Bonchev–Trinajstić information content (AvgIpc) is 2.56. The normalized spacial score (nSPS) is 11.4. The van der Waals surface area contributed by atoms with Gasteiger partial charge in [-0.1, -0.05) is 56.3 Å². The van der Waals surface area contributed by atoms with E-state index in [1.54, 1.807) is 24.3 Å². The van der Waals surface area contributed by atoms with E-state index in [1.165, 1.54) is 5.56 Å². The summed E-state index contributed by atoms with van der Waals surface area (Å²) in [7, 11) is 0. The molecule has 2 N–H and O–H groups in total. The number of carboxylic acids is 1. The number of benzene rings is 2. The van der Waals surface area contributed by atoms with E-state index in [1.807, 2.05) is 18.2 Å². The fraction of sp³-hybridized carbons (Fsp3) is 0.350. The van der Waals surface area contributed by atoms with Crippen LogP contribution in [0.15, 0.2) is 54.6 Å². The van der Waals surface area contributed by atoms with Gasteiger partial charge in [0.2, 0.25) is 0 Å². The van der Waals surface area contributed by atoms with E-state index in [2.05, 4.69) is 31.3 Å². The lowest BCUT2D eigenvalue weighted by Gasteiger charge is -2.25. The number of nitrogens with one attached hydrogen (secondary N) is 1. The van der Waals surface area contributed by atoms with E-state index in [4.69, 9.17) is 9.84 Å². The van der Waals surface area contributed by atoms with E-state index in [0.29, 0.717) is 18.8 Å². The maximum Gasteiger partial charge on any atom is 0.335 e. The van der Waals surface area contributed by atoms with Crippen molar-refractivity contribution in [3.05, 3.63) is 71.3 Å². The molecule has 0 aliphatic rings. The van der Waals surface area contributed by atoms with Crippen molar-refractivity contribution in [3.63, 3.8) is 0 Å². The molecule has 0 aliphatic carbocycles. The zero-order valence-electron chi connectivity index (χ0n) is 14.3. The van der Waals surface area contributed by atoms with Gasteiger partial charge in [0.05, 0.1) is 18.8 Å². The molecule has 24 heavy (non-hydrogen) atoms. The Bertz CT molecular complexity index is 636. The molecule has 0 fully saturated rings. The minimum atomic E-state index is -0.909.